The van der Waals surface area contributed by atoms with Crippen molar-refractivity contribution in [1.82, 2.24) is 0 Å². The molecule has 2 nitrogen and oxygen atoms in total. The van der Waals surface area contributed by atoms with Crippen LogP contribution in [-0.2, 0) is 10.2 Å². The minimum absolute atomic E-state index is 0.298. The van der Waals surface area contributed by atoms with E-state index >= 15 is 0 Å². The van der Waals surface area contributed by atoms with Crippen LogP contribution in [0.2, 0.25) is 0 Å². The molecule has 0 saturated carbocycles. The highest BCUT2D eigenvalue weighted by molar-refractivity contribution is 5.77. The molecule has 1 rings (SSSR count). The molecule has 0 aliphatic heterocycles. The van der Waals surface area contributed by atoms with Gasteiger partial charge in [-0.05, 0) is 37.2 Å². The van der Waals surface area contributed by atoms with Gasteiger partial charge < -0.3 is 5.11 Å². The summed E-state index contributed by atoms with van der Waals surface area (Å²) in [5, 5.41) is 10.1. The standard InChI is InChI=1S/C20H32O2/c1-6-19(7-2,18(21)22)20(8-3,15-14-16(4)5)17-12-10-9-11-13-17/h9-13,16H,6-8,14-15H2,1-5H3,(H,21,22). The van der Waals surface area contributed by atoms with Crippen molar-refractivity contribution in [2.45, 2.75) is 72.1 Å². The third kappa shape index (κ3) is 3.21. The lowest BCUT2D eigenvalue weighted by Crippen LogP contribution is -2.50. The summed E-state index contributed by atoms with van der Waals surface area (Å²) in [5.41, 5.74) is 0.190. The van der Waals surface area contributed by atoms with Gasteiger partial charge in [-0.3, -0.25) is 4.79 Å². The molecule has 1 aromatic carbocycles. The maximum Gasteiger partial charge on any atom is 0.310 e. The highest BCUT2D eigenvalue weighted by atomic mass is 16.4. The molecule has 0 aliphatic carbocycles. The first-order valence-electron chi connectivity index (χ1n) is 8.69. The predicted molar refractivity (Wildman–Crippen MR) is 93.1 cm³/mol. The molecular formula is C20H32O2. The Balaban J connectivity index is 3.51. The van der Waals surface area contributed by atoms with E-state index in [4.69, 9.17) is 0 Å². The Labute approximate surface area is 135 Å². The number of carbonyl (C=O) groups is 1. The van der Waals surface area contributed by atoms with Crippen molar-refractivity contribution < 1.29 is 9.90 Å². The average molecular weight is 304 g/mol. The van der Waals surface area contributed by atoms with Gasteiger partial charge in [-0.2, -0.15) is 0 Å². The summed E-state index contributed by atoms with van der Waals surface area (Å²) in [7, 11) is 0. The molecule has 2 heteroatoms. The zero-order valence-electron chi connectivity index (χ0n) is 14.9. The van der Waals surface area contributed by atoms with Crippen LogP contribution in [0.3, 0.4) is 0 Å². The summed E-state index contributed by atoms with van der Waals surface area (Å²) < 4.78 is 0. The fourth-order valence-electron chi connectivity index (χ4n) is 4.11. The highest BCUT2D eigenvalue weighted by Crippen LogP contribution is 2.52. The van der Waals surface area contributed by atoms with Crippen molar-refractivity contribution in [3.05, 3.63) is 35.9 Å². The molecule has 0 aliphatic rings. The molecule has 124 valence electrons. The van der Waals surface area contributed by atoms with E-state index in [-0.39, 0.29) is 5.41 Å². The highest BCUT2D eigenvalue weighted by Gasteiger charge is 2.53. The zero-order chi connectivity index (χ0) is 16.8. The number of rotatable bonds is 9. The second kappa shape index (κ2) is 7.80. The Bertz CT molecular complexity index is 460. The topological polar surface area (TPSA) is 37.3 Å². The molecule has 0 bridgehead atoms. The van der Waals surface area contributed by atoms with E-state index in [0.29, 0.717) is 18.8 Å². The Morgan fingerprint density at radius 3 is 1.95 bits per heavy atom. The van der Waals surface area contributed by atoms with Crippen molar-refractivity contribution in [2.24, 2.45) is 11.3 Å². The molecule has 0 saturated heterocycles. The third-order valence-corrected chi connectivity index (χ3v) is 5.61. The minimum Gasteiger partial charge on any atom is -0.481 e. The van der Waals surface area contributed by atoms with E-state index in [1.807, 2.05) is 32.0 Å². The fourth-order valence-corrected chi connectivity index (χ4v) is 4.11. The lowest BCUT2D eigenvalue weighted by Gasteiger charge is -2.48. The molecule has 0 heterocycles. The van der Waals surface area contributed by atoms with Crippen LogP contribution >= 0.6 is 0 Å². The first-order chi connectivity index (χ1) is 10.4. The van der Waals surface area contributed by atoms with Crippen molar-refractivity contribution in [3.8, 4) is 0 Å². The molecule has 0 radical (unpaired) electrons. The number of carboxylic acids is 1. The minimum atomic E-state index is -0.696. The van der Waals surface area contributed by atoms with Crippen molar-refractivity contribution in [3.63, 3.8) is 0 Å². The van der Waals surface area contributed by atoms with E-state index in [2.05, 4.69) is 32.9 Å². The van der Waals surface area contributed by atoms with Crippen LogP contribution in [0.4, 0.5) is 0 Å². The largest absolute Gasteiger partial charge is 0.481 e. The fraction of sp³-hybridized carbons (Fsp3) is 0.650. The van der Waals surface area contributed by atoms with Crippen LogP contribution in [0.1, 0.15) is 72.3 Å². The van der Waals surface area contributed by atoms with Gasteiger partial charge in [0.2, 0.25) is 0 Å². The molecule has 0 aromatic heterocycles. The van der Waals surface area contributed by atoms with Crippen LogP contribution in [0, 0.1) is 11.3 Å². The first-order valence-corrected chi connectivity index (χ1v) is 8.69. The van der Waals surface area contributed by atoms with Crippen LogP contribution in [-0.4, -0.2) is 11.1 Å². The van der Waals surface area contributed by atoms with Gasteiger partial charge in [-0.15, -0.1) is 0 Å². The monoisotopic (exact) mass is 304 g/mol. The summed E-state index contributed by atoms with van der Waals surface area (Å²) in [4.78, 5) is 12.3. The summed E-state index contributed by atoms with van der Waals surface area (Å²) >= 11 is 0. The number of carboxylic acid groups (broad SMARTS) is 1. The van der Waals surface area contributed by atoms with E-state index < -0.39 is 11.4 Å². The van der Waals surface area contributed by atoms with E-state index in [0.717, 1.165) is 19.3 Å². The number of hydrogen-bond donors (Lipinski definition) is 1. The van der Waals surface area contributed by atoms with Gasteiger partial charge in [0, 0.05) is 5.41 Å². The lowest BCUT2D eigenvalue weighted by atomic mass is 9.54. The van der Waals surface area contributed by atoms with Crippen molar-refractivity contribution in [2.75, 3.05) is 0 Å². The summed E-state index contributed by atoms with van der Waals surface area (Å²) in [6.07, 6.45) is 4.17. The van der Waals surface area contributed by atoms with Crippen LogP contribution in [0.15, 0.2) is 30.3 Å². The SMILES string of the molecule is CCC(CC)(C(=O)O)C(CC)(CCC(C)C)c1ccccc1. The summed E-state index contributed by atoms with van der Waals surface area (Å²) in [5.74, 6) is -0.0678. The smallest absolute Gasteiger partial charge is 0.310 e. The normalized spacial score (nSPS) is 14.8. The molecule has 1 atom stereocenters. The molecule has 1 aromatic rings. The van der Waals surface area contributed by atoms with Gasteiger partial charge in [0.15, 0.2) is 0 Å². The number of aliphatic carboxylic acids is 1. The van der Waals surface area contributed by atoms with Gasteiger partial charge in [-0.1, -0.05) is 71.4 Å². The van der Waals surface area contributed by atoms with E-state index in [1.54, 1.807) is 0 Å². The van der Waals surface area contributed by atoms with Crippen molar-refractivity contribution >= 4 is 5.97 Å². The predicted octanol–water partition coefficient (Wildman–Crippen LogP) is 5.66. The first kappa shape index (κ1) is 18.7. The third-order valence-electron chi connectivity index (χ3n) is 5.61. The van der Waals surface area contributed by atoms with E-state index in [9.17, 15) is 9.90 Å². The molecular weight excluding hydrogens is 272 g/mol. The Hall–Kier alpha value is -1.31. The van der Waals surface area contributed by atoms with Crippen LogP contribution in [0.25, 0.3) is 0 Å². The Kier molecular flexibility index (Phi) is 6.65. The summed E-state index contributed by atoms with van der Waals surface area (Å²) in [6, 6.07) is 10.3. The van der Waals surface area contributed by atoms with Crippen molar-refractivity contribution in [1.29, 1.82) is 0 Å². The average Bonchev–Trinajstić information content (AvgIpc) is 2.52. The molecule has 0 fully saturated rings. The maximum absolute atomic E-state index is 12.3. The van der Waals surface area contributed by atoms with Gasteiger partial charge in [0.1, 0.15) is 0 Å². The maximum atomic E-state index is 12.3. The van der Waals surface area contributed by atoms with Crippen LogP contribution < -0.4 is 0 Å². The number of benzene rings is 1. The quantitative estimate of drug-likeness (QED) is 0.639. The zero-order valence-corrected chi connectivity index (χ0v) is 14.9. The van der Waals surface area contributed by atoms with Gasteiger partial charge >= 0.3 is 5.97 Å². The van der Waals surface area contributed by atoms with Gasteiger partial charge in [0.25, 0.3) is 0 Å². The Morgan fingerprint density at radius 1 is 1.05 bits per heavy atom. The molecule has 1 N–H and O–H groups in total. The molecule has 1 unspecified atom stereocenters. The second-order valence-electron chi connectivity index (χ2n) is 6.83. The number of hydrogen-bond acceptors (Lipinski definition) is 1. The summed E-state index contributed by atoms with van der Waals surface area (Å²) in [6.45, 7) is 10.6. The molecule has 22 heavy (non-hydrogen) atoms. The Morgan fingerprint density at radius 2 is 1.59 bits per heavy atom. The van der Waals surface area contributed by atoms with Crippen LogP contribution in [0.5, 0.6) is 0 Å². The van der Waals surface area contributed by atoms with E-state index in [1.165, 1.54) is 5.56 Å². The van der Waals surface area contributed by atoms with Gasteiger partial charge in [0.05, 0.1) is 5.41 Å². The second-order valence-corrected chi connectivity index (χ2v) is 6.83. The molecule has 0 spiro atoms. The lowest BCUT2D eigenvalue weighted by molar-refractivity contribution is -0.156. The van der Waals surface area contributed by atoms with Gasteiger partial charge in [-0.25, -0.2) is 0 Å². The molecule has 0 amide bonds.